The Morgan fingerprint density at radius 1 is 1.03 bits per heavy atom. The molecular formula is C27H33N4O4PS. The molecule has 0 saturated carbocycles. The predicted molar refractivity (Wildman–Crippen MR) is 148 cm³/mol. The maximum atomic E-state index is 11.8. The van der Waals surface area contributed by atoms with Crippen molar-refractivity contribution in [3.05, 3.63) is 83.5 Å². The monoisotopic (exact) mass is 540 g/mol. The summed E-state index contributed by atoms with van der Waals surface area (Å²) in [4.78, 5) is 2.31. The third kappa shape index (κ3) is 4.71. The normalized spacial score (nSPS) is 20.6. The van der Waals surface area contributed by atoms with E-state index >= 15 is 0 Å². The molecule has 1 saturated heterocycles. The van der Waals surface area contributed by atoms with Crippen molar-refractivity contribution in [2.75, 3.05) is 38.3 Å². The molecule has 1 fully saturated rings. The van der Waals surface area contributed by atoms with Gasteiger partial charge in [-0.25, -0.2) is 18.3 Å². The molecule has 2 aliphatic heterocycles. The lowest BCUT2D eigenvalue weighted by Crippen LogP contribution is -2.36. The van der Waals surface area contributed by atoms with E-state index in [0.29, 0.717) is 32.0 Å². The van der Waals surface area contributed by atoms with Gasteiger partial charge in [0.25, 0.3) is 0 Å². The number of morpholine rings is 1. The Hall–Kier alpha value is -2.68. The molecule has 2 aliphatic rings. The van der Waals surface area contributed by atoms with Gasteiger partial charge in [-0.2, -0.15) is 0 Å². The first kappa shape index (κ1) is 25.9. The van der Waals surface area contributed by atoms with Gasteiger partial charge in [-0.1, -0.05) is 32.0 Å². The Kier molecular flexibility index (Phi) is 6.71. The number of hydrogen-bond donors (Lipinski definition) is 1. The van der Waals surface area contributed by atoms with Gasteiger partial charge in [0.15, 0.2) is 5.50 Å². The van der Waals surface area contributed by atoms with Crippen molar-refractivity contribution < 1.29 is 17.6 Å². The van der Waals surface area contributed by atoms with Gasteiger partial charge >= 0.3 is 0 Å². The highest BCUT2D eigenvalue weighted by atomic mass is 32.2. The van der Waals surface area contributed by atoms with Gasteiger partial charge in [0.1, 0.15) is 13.0 Å². The highest BCUT2D eigenvalue weighted by Gasteiger charge is 2.42. The maximum Gasteiger partial charge on any atom is 0.238 e. The van der Waals surface area contributed by atoms with Crippen molar-refractivity contribution in [3.8, 4) is 0 Å². The number of aryl methyl sites for hydroxylation is 1. The van der Waals surface area contributed by atoms with Crippen LogP contribution in [0.3, 0.4) is 0 Å². The van der Waals surface area contributed by atoms with Gasteiger partial charge in [-0.15, -0.1) is 0 Å². The van der Waals surface area contributed by atoms with E-state index in [1.54, 1.807) is 12.1 Å². The second kappa shape index (κ2) is 9.57. The molecule has 0 bridgehead atoms. The number of furan rings is 1. The van der Waals surface area contributed by atoms with Crippen LogP contribution in [0.1, 0.15) is 25.2 Å². The number of para-hydroxylation sites is 1. The fraction of sp³-hybridized carbons (Fsp3) is 0.333. The Balaban J connectivity index is 1.79. The van der Waals surface area contributed by atoms with Gasteiger partial charge in [-0.3, -0.25) is 4.67 Å². The number of sulfonamides is 1. The predicted octanol–water partition coefficient (Wildman–Crippen LogP) is 4.91. The molecule has 1 atom stereocenters. The molecule has 3 aromatic rings. The average Bonchev–Trinajstić information content (AvgIpc) is 3.39. The van der Waals surface area contributed by atoms with Gasteiger partial charge in [0.05, 0.1) is 23.8 Å². The van der Waals surface area contributed by atoms with Crippen LogP contribution < -0.4 is 15.5 Å². The zero-order valence-electron chi connectivity index (χ0n) is 21.6. The number of fused-ring (bicyclic) bond motifs is 1. The van der Waals surface area contributed by atoms with Gasteiger partial charge in [-0.05, 0) is 60.8 Å². The Morgan fingerprint density at radius 3 is 2.30 bits per heavy atom. The average molecular weight is 541 g/mol. The van der Waals surface area contributed by atoms with E-state index < -0.39 is 17.2 Å². The minimum atomic E-state index is -3.80. The highest BCUT2D eigenvalue weighted by molar-refractivity contribution is 7.89. The molecule has 5 rings (SSSR count). The molecule has 1 unspecified atom stereocenters. The Morgan fingerprint density at radius 2 is 1.70 bits per heavy atom. The molecule has 0 spiro atoms. The first-order valence-corrected chi connectivity index (χ1v) is 15.5. The molecule has 10 heteroatoms. The standard InChI is InChI=1S/C27H33N4O4PS/c1-20-9-14-26(35-20)36(31-15-17-34-18-16-31,29-21-10-12-22(13-11-21)37(28,32)33)19-25-27(2,3)23-7-5-6-8-24(23)30(25)4/h5-14,19H,15-18H2,1-4H3,(H2,28,32,33)/b25-19-. The number of primary sulfonamides is 1. The summed E-state index contributed by atoms with van der Waals surface area (Å²) in [5.74, 6) is 3.12. The van der Waals surface area contributed by atoms with Crippen LogP contribution in [0, 0.1) is 6.92 Å². The molecule has 196 valence electrons. The van der Waals surface area contributed by atoms with Crippen LogP contribution in [0.2, 0.25) is 0 Å². The lowest BCUT2D eigenvalue weighted by Gasteiger charge is -2.37. The van der Waals surface area contributed by atoms with Crippen LogP contribution in [0.5, 0.6) is 0 Å². The Bertz CT molecular complexity index is 1500. The minimum Gasteiger partial charge on any atom is -0.459 e. The lowest BCUT2D eigenvalue weighted by atomic mass is 9.84. The topological polar surface area (TPSA) is 101 Å². The smallest absolute Gasteiger partial charge is 0.238 e. The van der Waals surface area contributed by atoms with Crippen LogP contribution in [-0.4, -0.2) is 46.4 Å². The van der Waals surface area contributed by atoms with Crippen molar-refractivity contribution in [1.82, 2.24) is 4.67 Å². The third-order valence-corrected chi connectivity index (χ3v) is 11.4. The molecule has 2 N–H and O–H groups in total. The Labute approximate surface area is 218 Å². The quantitative estimate of drug-likeness (QED) is 0.462. The summed E-state index contributed by atoms with van der Waals surface area (Å²) >= 11 is 0. The number of anilines is 1. The summed E-state index contributed by atoms with van der Waals surface area (Å²) in [6.45, 7) is 9.02. The van der Waals surface area contributed by atoms with E-state index in [1.807, 2.05) is 19.1 Å². The van der Waals surface area contributed by atoms with Gasteiger partial charge < -0.3 is 14.1 Å². The molecule has 8 nitrogen and oxygen atoms in total. The summed E-state index contributed by atoms with van der Waals surface area (Å²) in [6, 6.07) is 18.9. The number of allylic oxidation sites excluding steroid dienone is 1. The van der Waals surface area contributed by atoms with E-state index in [1.165, 1.54) is 23.4 Å². The zero-order chi connectivity index (χ0) is 26.4. The molecule has 0 radical (unpaired) electrons. The summed E-state index contributed by atoms with van der Waals surface area (Å²) in [5, 5.41) is 5.34. The van der Waals surface area contributed by atoms with Crippen molar-refractivity contribution in [2.45, 2.75) is 31.1 Å². The van der Waals surface area contributed by atoms with Crippen LogP contribution in [0.25, 0.3) is 0 Å². The molecule has 0 aliphatic carbocycles. The van der Waals surface area contributed by atoms with E-state index in [-0.39, 0.29) is 10.3 Å². The summed E-state index contributed by atoms with van der Waals surface area (Å²) in [7, 11) is -4.35. The van der Waals surface area contributed by atoms with Crippen LogP contribution in [0.15, 0.2) is 86.2 Å². The zero-order valence-corrected chi connectivity index (χ0v) is 23.3. The van der Waals surface area contributed by atoms with Gasteiger partial charge in [0.2, 0.25) is 10.0 Å². The van der Waals surface area contributed by atoms with Crippen molar-refractivity contribution in [1.29, 1.82) is 0 Å². The molecule has 37 heavy (non-hydrogen) atoms. The van der Waals surface area contributed by atoms with Crippen molar-refractivity contribution in [3.63, 3.8) is 0 Å². The highest BCUT2D eigenvalue weighted by Crippen LogP contribution is 2.60. The van der Waals surface area contributed by atoms with Crippen LogP contribution in [-0.2, 0) is 20.2 Å². The first-order valence-electron chi connectivity index (χ1n) is 12.2. The third-order valence-electron chi connectivity index (χ3n) is 7.15. The summed E-state index contributed by atoms with van der Waals surface area (Å²) in [5.41, 5.74) is 4.79. The number of benzene rings is 2. The van der Waals surface area contributed by atoms with Crippen LogP contribution in [0.4, 0.5) is 11.4 Å². The van der Waals surface area contributed by atoms with E-state index in [4.69, 9.17) is 19.0 Å². The number of nitrogens with two attached hydrogens (primary N) is 1. The number of rotatable bonds is 5. The SMILES string of the molecule is Cc1ccc(P(/C=C2\N(C)c3ccccc3C2(C)C)(=Nc2ccc(S(N)(=O)=O)cc2)N2CCOCC2)o1. The number of likely N-dealkylation sites (N-methyl/N-ethyl adjacent to an activating group) is 1. The second-order valence-electron chi connectivity index (χ2n) is 9.95. The lowest BCUT2D eigenvalue weighted by molar-refractivity contribution is 0.0747. The van der Waals surface area contributed by atoms with Crippen molar-refractivity contribution >= 4 is 34.1 Å². The number of nitrogens with zero attached hydrogens (tertiary/aromatic N) is 3. The largest absolute Gasteiger partial charge is 0.459 e. The minimum absolute atomic E-state index is 0.0565. The molecule has 3 heterocycles. The van der Waals surface area contributed by atoms with E-state index in [2.05, 4.69) is 60.5 Å². The maximum absolute atomic E-state index is 11.8. The molecule has 2 aromatic carbocycles. The second-order valence-corrected chi connectivity index (χ2v) is 14.3. The molecule has 1 aromatic heterocycles. The molecule has 0 amide bonds. The van der Waals surface area contributed by atoms with Crippen molar-refractivity contribution in [2.24, 2.45) is 9.88 Å². The van der Waals surface area contributed by atoms with Crippen LogP contribution >= 0.6 is 7.21 Å². The van der Waals surface area contributed by atoms with E-state index in [9.17, 15) is 8.42 Å². The summed E-state index contributed by atoms with van der Waals surface area (Å²) < 4.78 is 43.5. The summed E-state index contributed by atoms with van der Waals surface area (Å²) in [6.07, 6.45) is 0. The fourth-order valence-electron chi connectivity index (χ4n) is 5.16. The first-order chi connectivity index (χ1) is 17.5. The van der Waals surface area contributed by atoms with Gasteiger partial charge in [0, 0.05) is 36.9 Å². The number of hydrogen-bond acceptors (Lipinski definition) is 6. The molecular weight excluding hydrogens is 507 g/mol. The van der Waals surface area contributed by atoms with E-state index in [0.717, 1.165) is 17.0 Å². The fourth-order valence-corrected chi connectivity index (χ4v) is 9.20. The number of ether oxygens (including phenoxy) is 1.